The van der Waals surface area contributed by atoms with Crippen molar-refractivity contribution in [2.45, 2.75) is 32.6 Å². The maximum absolute atomic E-state index is 10.5. The number of carbonyl (C=O) groups is 1. The SMILES string of the molecule is CC/C(=C\CCCC[N+](=O)[O-])C(=O)O. The molecule has 0 aromatic carbocycles. The van der Waals surface area contributed by atoms with Crippen LogP contribution in [0.15, 0.2) is 11.6 Å². The van der Waals surface area contributed by atoms with Crippen LogP contribution in [0.5, 0.6) is 0 Å². The van der Waals surface area contributed by atoms with Crippen molar-refractivity contribution in [3.8, 4) is 0 Å². The van der Waals surface area contributed by atoms with Crippen LogP contribution >= 0.6 is 0 Å². The largest absolute Gasteiger partial charge is 0.478 e. The van der Waals surface area contributed by atoms with Crippen molar-refractivity contribution in [3.63, 3.8) is 0 Å². The minimum absolute atomic E-state index is 0.0393. The smallest absolute Gasteiger partial charge is 0.331 e. The van der Waals surface area contributed by atoms with Crippen molar-refractivity contribution in [1.82, 2.24) is 0 Å². The van der Waals surface area contributed by atoms with E-state index >= 15 is 0 Å². The fourth-order valence-corrected chi connectivity index (χ4v) is 1.04. The van der Waals surface area contributed by atoms with E-state index in [-0.39, 0.29) is 11.5 Å². The predicted molar refractivity (Wildman–Crippen MR) is 51.7 cm³/mol. The molecule has 0 aliphatic rings. The van der Waals surface area contributed by atoms with Crippen molar-refractivity contribution in [2.24, 2.45) is 0 Å². The summed E-state index contributed by atoms with van der Waals surface area (Å²) in [7, 11) is 0. The average Bonchev–Trinajstić information content (AvgIpc) is 2.10. The molecule has 0 aromatic heterocycles. The third kappa shape index (κ3) is 6.16. The zero-order valence-electron chi connectivity index (χ0n) is 8.23. The fourth-order valence-electron chi connectivity index (χ4n) is 1.04. The molecule has 1 N–H and O–H groups in total. The molecule has 0 fully saturated rings. The second-order valence-electron chi connectivity index (χ2n) is 2.94. The molecular formula is C9H15NO4. The first-order valence-electron chi connectivity index (χ1n) is 4.62. The number of rotatable bonds is 7. The van der Waals surface area contributed by atoms with Gasteiger partial charge in [0.05, 0.1) is 0 Å². The number of unbranched alkanes of at least 4 members (excludes halogenated alkanes) is 2. The molecule has 80 valence electrons. The van der Waals surface area contributed by atoms with E-state index in [1.54, 1.807) is 13.0 Å². The summed E-state index contributed by atoms with van der Waals surface area (Å²) in [4.78, 5) is 20.1. The van der Waals surface area contributed by atoms with Crippen LogP contribution in [-0.4, -0.2) is 22.5 Å². The van der Waals surface area contributed by atoms with Crippen LogP contribution < -0.4 is 0 Å². The number of allylic oxidation sites excluding steroid dienone is 1. The number of carboxylic acids is 1. The summed E-state index contributed by atoms with van der Waals surface area (Å²) in [6.07, 6.45) is 3.90. The molecule has 0 aliphatic carbocycles. The summed E-state index contributed by atoms with van der Waals surface area (Å²) in [6, 6.07) is 0. The van der Waals surface area contributed by atoms with Crippen molar-refractivity contribution in [1.29, 1.82) is 0 Å². The van der Waals surface area contributed by atoms with Gasteiger partial charge in [0, 0.05) is 16.9 Å². The van der Waals surface area contributed by atoms with Crippen LogP contribution in [-0.2, 0) is 4.79 Å². The third-order valence-electron chi connectivity index (χ3n) is 1.84. The molecule has 0 rings (SSSR count). The predicted octanol–water partition coefficient (Wildman–Crippen LogP) is 1.85. The number of hydrogen-bond acceptors (Lipinski definition) is 3. The standard InChI is InChI=1S/C9H15NO4/c1-2-8(9(11)12)6-4-3-5-7-10(13)14/h6H,2-5,7H2,1H3,(H,11,12)/b8-6+. The topological polar surface area (TPSA) is 80.4 Å². The minimum Gasteiger partial charge on any atom is -0.478 e. The van der Waals surface area contributed by atoms with Crippen LogP contribution in [0, 0.1) is 10.1 Å². The first-order valence-corrected chi connectivity index (χ1v) is 4.62. The van der Waals surface area contributed by atoms with Gasteiger partial charge in [0.25, 0.3) is 0 Å². The molecule has 5 nitrogen and oxygen atoms in total. The third-order valence-corrected chi connectivity index (χ3v) is 1.84. The first kappa shape index (κ1) is 12.6. The van der Waals surface area contributed by atoms with Gasteiger partial charge in [-0.2, -0.15) is 0 Å². The molecule has 0 saturated heterocycles. The molecular weight excluding hydrogens is 186 g/mol. The van der Waals surface area contributed by atoms with E-state index < -0.39 is 5.97 Å². The minimum atomic E-state index is -0.901. The van der Waals surface area contributed by atoms with E-state index in [2.05, 4.69) is 0 Å². The van der Waals surface area contributed by atoms with Gasteiger partial charge in [0.2, 0.25) is 6.54 Å². The second-order valence-corrected chi connectivity index (χ2v) is 2.94. The molecule has 0 atom stereocenters. The normalized spacial score (nSPS) is 11.4. The van der Waals surface area contributed by atoms with Gasteiger partial charge in [-0.15, -0.1) is 0 Å². The number of carboxylic acid groups (broad SMARTS) is 1. The molecule has 0 aromatic rings. The first-order chi connectivity index (χ1) is 6.57. The Labute approximate surface area is 82.6 Å². The Bertz CT molecular complexity index is 235. The summed E-state index contributed by atoms with van der Waals surface area (Å²) >= 11 is 0. The number of nitrogens with zero attached hydrogens (tertiary/aromatic N) is 1. The molecule has 0 bridgehead atoms. The molecule has 0 spiro atoms. The van der Waals surface area contributed by atoms with Crippen LogP contribution in [0.4, 0.5) is 0 Å². The zero-order chi connectivity index (χ0) is 11.0. The summed E-state index contributed by atoms with van der Waals surface area (Å²) in [5.74, 6) is -0.901. The molecule has 0 aliphatic heterocycles. The van der Waals surface area contributed by atoms with Crippen molar-refractivity contribution in [3.05, 3.63) is 21.8 Å². The molecule has 0 radical (unpaired) electrons. The summed E-state index contributed by atoms with van der Waals surface area (Å²) in [6.45, 7) is 1.74. The van der Waals surface area contributed by atoms with Crippen LogP contribution in [0.3, 0.4) is 0 Å². The Hall–Kier alpha value is -1.39. The van der Waals surface area contributed by atoms with Gasteiger partial charge in [0.1, 0.15) is 0 Å². The van der Waals surface area contributed by atoms with Gasteiger partial charge >= 0.3 is 5.97 Å². The number of hydrogen-bond donors (Lipinski definition) is 1. The van der Waals surface area contributed by atoms with E-state index in [0.29, 0.717) is 31.3 Å². The maximum atomic E-state index is 10.5. The van der Waals surface area contributed by atoms with Gasteiger partial charge in [0.15, 0.2) is 0 Å². The van der Waals surface area contributed by atoms with Gasteiger partial charge in [-0.1, -0.05) is 13.0 Å². The fraction of sp³-hybridized carbons (Fsp3) is 0.667. The second kappa shape index (κ2) is 7.06. The van der Waals surface area contributed by atoms with Gasteiger partial charge in [-0.25, -0.2) is 4.79 Å². The Kier molecular flexibility index (Phi) is 6.36. The van der Waals surface area contributed by atoms with Gasteiger partial charge in [-0.05, 0) is 19.3 Å². The molecule has 0 amide bonds. The molecule has 0 unspecified atom stereocenters. The van der Waals surface area contributed by atoms with E-state index in [1.807, 2.05) is 0 Å². The zero-order valence-corrected chi connectivity index (χ0v) is 8.23. The summed E-state index contributed by atoms with van der Waals surface area (Å²) < 4.78 is 0. The lowest BCUT2D eigenvalue weighted by Crippen LogP contribution is -2.01. The highest BCUT2D eigenvalue weighted by Gasteiger charge is 2.03. The maximum Gasteiger partial charge on any atom is 0.331 e. The quantitative estimate of drug-likeness (QED) is 0.295. The number of nitro groups is 1. The highest BCUT2D eigenvalue weighted by atomic mass is 16.6. The Balaban J connectivity index is 3.69. The Morgan fingerprint density at radius 2 is 2.14 bits per heavy atom. The average molecular weight is 201 g/mol. The van der Waals surface area contributed by atoms with Crippen molar-refractivity contribution >= 4 is 5.97 Å². The molecule has 5 heteroatoms. The molecule has 0 saturated carbocycles. The van der Waals surface area contributed by atoms with E-state index in [9.17, 15) is 14.9 Å². The highest BCUT2D eigenvalue weighted by Crippen LogP contribution is 2.05. The van der Waals surface area contributed by atoms with Crippen molar-refractivity contribution < 1.29 is 14.8 Å². The molecule has 14 heavy (non-hydrogen) atoms. The van der Waals surface area contributed by atoms with E-state index in [0.717, 1.165) is 0 Å². The number of aliphatic carboxylic acids is 1. The van der Waals surface area contributed by atoms with Gasteiger partial charge < -0.3 is 5.11 Å². The van der Waals surface area contributed by atoms with E-state index in [1.165, 1.54) is 0 Å². The summed E-state index contributed by atoms with van der Waals surface area (Å²) in [5.41, 5.74) is 0.381. The van der Waals surface area contributed by atoms with Crippen LogP contribution in [0.25, 0.3) is 0 Å². The lowest BCUT2D eigenvalue weighted by Gasteiger charge is -1.97. The monoisotopic (exact) mass is 201 g/mol. The van der Waals surface area contributed by atoms with Gasteiger partial charge in [-0.3, -0.25) is 10.1 Å². The van der Waals surface area contributed by atoms with E-state index in [4.69, 9.17) is 5.11 Å². The Morgan fingerprint density at radius 3 is 2.57 bits per heavy atom. The highest BCUT2D eigenvalue weighted by molar-refractivity contribution is 5.86. The lowest BCUT2D eigenvalue weighted by molar-refractivity contribution is -0.480. The van der Waals surface area contributed by atoms with Crippen LogP contribution in [0.2, 0.25) is 0 Å². The molecule has 0 heterocycles. The lowest BCUT2D eigenvalue weighted by atomic mass is 10.1. The van der Waals surface area contributed by atoms with Crippen molar-refractivity contribution in [2.75, 3.05) is 6.54 Å². The van der Waals surface area contributed by atoms with Crippen LogP contribution in [0.1, 0.15) is 32.6 Å². The summed E-state index contributed by atoms with van der Waals surface area (Å²) in [5, 5.41) is 18.6. The Morgan fingerprint density at radius 1 is 1.50 bits per heavy atom.